The van der Waals surface area contributed by atoms with Crippen LogP contribution in [-0.4, -0.2) is 10.7 Å². The number of rotatable bonds is 5. The molecule has 1 heterocycles. The Bertz CT molecular complexity index is 1140. The molecule has 0 unspecified atom stereocenters. The predicted octanol–water partition coefficient (Wildman–Crippen LogP) is 4.93. The molecule has 0 N–H and O–H groups in total. The minimum atomic E-state index is -0.501. The molecule has 0 aliphatic carbocycles. The van der Waals surface area contributed by atoms with Gasteiger partial charge < -0.3 is 9.47 Å². The van der Waals surface area contributed by atoms with Crippen molar-refractivity contribution in [2.24, 2.45) is 0 Å². The van der Waals surface area contributed by atoms with Gasteiger partial charge in [-0.2, -0.15) is 0 Å². The molecule has 3 aromatic rings. The maximum Gasteiger partial charge on any atom is 0.270 e. The first-order chi connectivity index (χ1) is 14.0. The summed E-state index contributed by atoms with van der Waals surface area (Å²) < 4.78 is 24.3. The summed E-state index contributed by atoms with van der Waals surface area (Å²) in [6, 6.07) is 16.8. The van der Waals surface area contributed by atoms with Crippen molar-refractivity contribution in [3.63, 3.8) is 0 Å². The Kier molecular flexibility index (Phi) is 4.78. The van der Waals surface area contributed by atoms with E-state index >= 15 is 0 Å². The second-order valence-electron chi connectivity index (χ2n) is 6.36. The van der Waals surface area contributed by atoms with Gasteiger partial charge in [0.25, 0.3) is 5.69 Å². The summed E-state index contributed by atoms with van der Waals surface area (Å²) in [5, 5.41) is 10.9. The number of hydrogen-bond acceptors (Lipinski definition) is 5. The van der Waals surface area contributed by atoms with E-state index in [0.717, 1.165) is 5.56 Å². The highest BCUT2D eigenvalue weighted by Gasteiger charge is 2.27. The molecule has 1 aliphatic rings. The summed E-state index contributed by atoms with van der Waals surface area (Å²) in [6.07, 6.45) is 1.47. The number of fused-ring (bicyclic) bond motifs is 1. The second-order valence-corrected chi connectivity index (χ2v) is 6.36. The molecule has 0 atom stereocenters. The van der Waals surface area contributed by atoms with Gasteiger partial charge in [-0.3, -0.25) is 14.9 Å². The number of hydrogen-bond donors (Lipinski definition) is 0. The number of Topliss-reactive ketones (excluding diaryl/α,β-unsaturated/α-hetero) is 1. The van der Waals surface area contributed by atoms with Crippen molar-refractivity contribution in [2.45, 2.75) is 6.61 Å². The zero-order valence-corrected chi connectivity index (χ0v) is 15.0. The molecule has 3 aromatic carbocycles. The lowest BCUT2D eigenvalue weighted by Gasteiger charge is -2.07. The predicted molar refractivity (Wildman–Crippen MR) is 103 cm³/mol. The first kappa shape index (κ1) is 18.4. The number of ether oxygens (including phenoxy) is 2. The molecule has 0 amide bonds. The Hall–Kier alpha value is -4.00. The van der Waals surface area contributed by atoms with Crippen LogP contribution in [0.4, 0.5) is 10.1 Å². The number of allylic oxidation sites excluding steroid dienone is 1. The lowest BCUT2D eigenvalue weighted by Crippen LogP contribution is -1.98. The average molecular weight is 391 g/mol. The molecule has 0 bridgehead atoms. The summed E-state index contributed by atoms with van der Waals surface area (Å²) in [6.45, 7) is 0.239. The van der Waals surface area contributed by atoms with E-state index in [1.54, 1.807) is 42.5 Å². The number of carbonyl (C=O) groups is 1. The molecule has 29 heavy (non-hydrogen) atoms. The van der Waals surface area contributed by atoms with Gasteiger partial charge in [-0.25, -0.2) is 4.39 Å². The first-order valence-electron chi connectivity index (χ1n) is 8.69. The molecule has 6 nitrogen and oxygen atoms in total. The van der Waals surface area contributed by atoms with Crippen LogP contribution < -0.4 is 9.47 Å². The number of halogens is 1. The fourth-order valence-electron chi connectivity index (χ4n) is 2.88. The molecule has 0 aromatic heterocycles. The number of ketones is 1. The minimum Gasteiger partial charge on any atom is -0.489 e. The fraction of sp³-hybridized carbons (Fsp3) is 0.0455. The lowest BCUT2D eigenvalue weighted by molar-refractivity contribution is -0.384. The van der Waals surface area contributed by atoms with E-state index in [1.807, 2.05) is 0 Å². The third-order valence-electron chi connectivity index (χ3n) is 4.34. The highest BCUT2D eigenvalue weighted by atomic mass is 19.1. The molecular weight excluding hydrogens is 377 g/mol. The average Bonchev–Trinajstić information content (AvgIpc) is 3.02. The van der Waals surface area contributed by atoms with Gasteiger partial charge in [-0.05, 0) is 41.5 Å². The summed E-state index contributed by atoms with van der Waals surface area (Å²) in [5.74, 6) is 0.301. The maximum absolute atomic E-state index is 13.0. The Morgan fingerprint density at radius 2 is 1.86 bits per heavy atom. The largest absolute Gasteiger partial charge is 0.489 e. The number of non-ortho nitro benzene ring substituents is 1. The van der Waals surface area contributed by atoms with Gasteiger partial charge in [0.2, 0.25) is 5.78 Å². The van der Waals surface area contributed by atoms with E-state index in [9.17, 15) is 19.3 Å². The van der Waals surface area contributed by atoms with Crippen molar-refractivity contribution >= 4 is 17.5 Å². The molecule has 7 heteroatoms. The Balaban J connectivity index is 1.51. The van der Waals surface area contributed by atoms with Crippen LogP contribution in [0, 0.1) is 15.9 Å². The number of carbonyl (C=O) groups excluding carboxylic acids is 1. The van der Waals surface area contributed by atoms with Gasteiger partial charge >= 0.3 is 0 Å². The molecule has 0 saturated heterocycles. The highest BCUT2D eigenvalue weighted by molar-refractivity contribution is 6.14. The molecule has 0 fully saturated rings. The minimum absolute atomic E-state index is 0.0706. The standard InChI is InChI=1S/C22H14FNO5/c23-16-6-4-14(5-7-16)13-28-18-8-9-19-20(12-18)29-21(22(19)25)11-15-2-1-3-17(10-15)24(26)27/h1-12H,13H2/b21-11-. The number of benzene rings is 3. The number of nitro benzene ring substituents is 1. The van der Waals surface area contributed by atoms with E-state index in [1.165, 1.54) is 30.3 Å². The van der Waals surface area contributed by atoms with Crippen LogP contribution >= 0.6 is 0 Å². The Morgan fingerprint density at radius 3 is 2.62 bits per heavy atom. The zero-order valence-electron chi connectivity index (χ0n) is 15.0. The normalized spacial score (nSPS) is 13.8. The quantitative estimate of drug-likeness (QED) is 0.350. The number of nitrogens with zero attached hydrogens (tertiary/aromatic N) is 1. The topological polar surface area (TPSA) is 78.7 Å². The molecule has 0 radical (unpaired) electrons. The van der Waals surface area contributed by atoms with Crippen LogP contribution in [-0.2, 0) is 6.61 Å². The van der Waals surface area contributed by atoms with Gasteiger partial charge in [-0.1, -0.05) is 24.3 Å². The van der Waals surface area contributed by atoms with Crippen molar-refractivity contribution in [3.05, 3.63) is 105 Å². The Morgan fingerprint density at radius 1 is 1.07 bits per heavy atom. The van der Waals surface area contributed by atoms with E-state index in [0.29, 0.717) is 22.6 Å². The highest BCUT2D eigenvalue weighted by Crippen LogP contribution is 2.35. The van der Waals surface area contributed by atoms with Crippen molar-refractivity contribution in [3.8, 4) is 11.5 Å². The van der Waals surface area contributed by atoms with Crippen LogP contribution in [0.15, 0.2) is 72.5 Å². The summed E-state index contributed by atoms with van der Waals surface area (Å²) in [4.78, 5) is 22.9. The molecule has 1 aliphatic heterocycles. The molecule has 0 saturated carbocycles. The maximum atomic E-state index is 13.0. The Labute approximate surface area is 165 Å². The molecular formula is C22H14FNO5. The number of nitro groups is 1. The van der Waals surface area contributed by atoms with Crippen molar-refractivity contribution in [1.82, 2.24) is 0 Å². The lowest BCUT2D eigenvalue weighted by atomic mass is 10.1. The molecule has 144 valence electrons. The van der Waals surface area contributed by atoms with Gasteiger partial charge in [0.1, 0.15) is 23.9 Å². The van der Waals surface area contributed by atoms with Crippen molar-refractivity contribution in [2.75, 3.05) is 0 Å². The third kappa shape index (κ3) is 3.98. The monoisotopic (exact) mass is 391 g/mol. The van der Waals surface area contributed by atoms with E-state index in [-0.39, 0.29) is 29.7 Å². The SMILES string of the molecule is O=C1/C(=C/c2cccc([N+](=O)[O-])c2)Oc2cc(OCc3ccc(F)cc3)ccc21. The first-order valence-corrected chi connectivity index (χ1v) is 8.69. The molecule has 4 rings (SSSR count). The van der Waals surface area contributed by atoms with E-state index in [4.69, 9.17) is 9.47 Å². The van der Waals surface area contributed by atoms with E-state index in [2.05, 4.69) is 0 Å². The van der Waals surface area contributed by atoms with Gasteiger partial charge in [0, 0.05) is 18.2 Å². The van der Waals surface area contributed by atoms with Gasteiger partial charge in [0.15, 0.2) is 5.76 Å². The van der Waals surface area contributed by atoms with Crippen LogP contribution in [0.3, 0.4) is 0 Å². The van der Waals surface area contributed by atoms with Crippen molar-refractivity contribution in [1.29, 1.82) is 0 Å². The van der Waals surface area contributed by atoms with E-state index < -0.39 is 4.92 Å². The van der Waals surface area contributed by atoms with Crippen molar-refractivity contribution < 1.29 is 23.6 Å². The van der Waals surface area contributed by atoms with Crippen LogP contribution in [0.5, 0.6) is 11.5 Å². The second kappa shape index (κ2) is 7.55. The van der Waals surface area contributed by atoms with Crippen LogP contribution in [0.2, 0.25) is 0 Å². The molecule has 0 spiro atoms. The van der Waals surface area contributed by atoms with Crippen LogP contribution in [0.1, 0.15) is 21.5 Å². The fourth-order valence-corrected chi connectivity index (χ4v) is 2.88. The summed E-state index contributed by atoms with van der Waals surface area (Å²) in [7, 11) is 0. The zero-order chi connectivity index (χ0) is 20.4. The van der Waals surface area contributed by atoms with Gasteiger partial charge in [0.05, 0.1) is 10.5 Å². The van der Waals surface area contributed by atoms with Gasteiger partial charge in [-0.15, -0.1) is 0 Å². The smallest absolute Gasteiger partial charge is 0.270 e. The van der Waals surface area contributed by atoms with Crippen LogP contribution in [0.25, 0.3) is 6.08 Å². The summed E-state index contributed by atoms with van der Waals surface area (Å²) >= 11 is 0. The third-order valence-corrected chi connectivity index (χ3v) is 4.34. The summed E-state index contributed by atoms with van der Waals surface area (Å²) in [5.41, 5.74) is 1.60.